The molecule has 1 saturated heterocycles. The summed E-state index contributed by atoms with van der Waals surface area (Å²) >= 11 is 3.33. The monoisotopic (exact) mass is 354 g/mol. The molecule has 1 heterocycles. The van der Waals surface area contributed by atoms with Crippen molar-refractivity contribution in [1.29, 1.82) is 0 Å². The summed E-state index contributed by atoms with van der Waals surface area (Å²) in [6, 6.07) is 4.42. The molecule has 114 valence electrons. The van der Waals surface area contributed by atoms with Crippen LogP contribution in [0, 0.1) is 5.92 Å². The standard InChI is InChI=1S/C15H19BrN2O3/c1-2-10-4-3-7-18(9-10)15(21)17-13-8-11(14(19)20)5-6-12(13)16/h5-6,8,10H,2-4,7,9H2,1H3,(H,17,21)(H,19,20). The molecule has 6 heteroatoms. The first-order valence-electron chi connectivity index (χ1n) is 7.10. The molecule has 0 spiro atoms. The van der Waals surface area contributed by atoms with Crippen LogP contribution in [-0.2, 0) is 0 Å². The average molecular weight is 355 g/mol. The number of carbonyl (C=O) groups excluding carboxylic acids is 1. The van der Waals surface area contributed by atoms with Crippen LogP contribution in [0.5, 0.6) is 0 Å². The fraction of sp³-hybridized carbons (Fsp3) is 0.467. The summed E-state index contributed by atoms with van der Waals surface area (Å²) in [6.07, 6.45) is 3.25. The van der Waals surface area contributed by atoms with Crippen LogP contribution in [-0.4, -0.2) is 35.1 Å². The molecule has 2 amide bonds. The van der Waals surface area contributed by atoms with E-state index in [0.717, 1.165) is 25.9 Å². The Balaban J connectivity index is 2.08. The van der Waals surface area contributed by atoms with E-state index in [-0.39, 0.29) is 11.6 Å². The highest BCUT2D eigenvalue weighted by atomic mass is 79.9. The lowest BCUT2D eigenvalue weighted by molar-refractivity contribution is 0.0697. The topological polar surface area (TPSA) is 69.6 Å². The van der Waals surface area contributed by atoms with Gasteiger partial charge in [-0.05, 0) is 52.9 Å². The van der Waals surface area contributed by atoms with Gasteiger partial charge in [-0.15, -0.1) is 0 Å². The summed E-state index contributed by atoms with van der Waals surface area (Å²) in [5.74, 6) is -0.458. The van der Waals surface area contributed by atoms with Crippen molar-refractivity contribution >= 4 is 33.6 Å². The zero-order valence-corrected chi connectivity index (χ0v) is 13.5. The fourth-order valence-corrected chi connectivity index (χ4v) is 2.88. The van der Waals surface area contributed by atoms with Crippen LogP contribution in [0.15, 0.2) is 22.7 Å². The van der Waals surface area contributed by atoms with E-state index < -0.39 is 5.97 Å². The van der Waals surface area contributed by atoms with Crippen LogP contribution in [0.2, 0.25) is 0 Å². The minimum absolute atomic E-state index is 0.151. The van der Waals surface area contributed by atoms with Crippen molar-refractivity contribution in [3.63, 3.8) is 0 Å². The van der Waals surface area contributed by atoms with E-state index in [1.807, 2.05) is 0 Å². The number of halogens is 1. The number of rotatable bonds is 3. The van der Waals surface area contributed by atoms with Crippen molar-refractivity contribution in [2.75, 3.05) is 18.4 Å². The third-order valence-corrected chi connectivity index (χ3v) is 4.53. The van der Waals surface area contributed by atoms with Crippen LogP contribution in [0.4, 0.5) is 10.5 Å². The van der Waals surface area contributed by atoms with Gasteiger partial charge in [-0.2, -0.15) is 0 Å². The van der Waals surface area contributed by atoms with Gasteiger partial charge in [0.15, 0.2) is 0 Å². The minimum atomic E-state index is -1.01. The number of anilines is 1. The predicted molar refractivity (Wildman–Crippen MR) is 84.7 cm³/mol. The van der Waals surface area contributed by atoms with E-state index in [9.17, 15) is 9.59 Å². The van der Waals surface area contributed by atoms with E-state index in [2.05, 4.69) is 28.2 Å². The van der Waals surface area contributed by atoms with E-state index >= 15 is 0 Å². The molecular formula is C15H19BrN2O3. The van der Waals surface area contributed by atoms with Crippen molar-refractivity contribution in [3.05, 3.63) is 28.2 Å². The molecule has 2 N–H and O–H groups in total. The molecule has 0 aliphatic carbocycles. The number of aromatic carboxylic acids is 1. The smallest absolute Gasteiger partial charge is 0.335 e. The zero-order chi connectivity index (χ0) is 15.4. The van der Waals surface area contributed by atoms with Gasteiger partial charge in [-0.1, -0.05) is 13.3 Å². The summed E-state index contributed by atoms with van der Waals surface area (Å²) in [7, 11) is 0. The Morgan fingerprint density at radius 1 is 1.48 bits per heavy atom. The van der Waals surface area contributed by atoms with Crippen molar-refractivity contribution in [3.8, 4) is 0 Å². The quantitative estimate of drug-likeness (QED) is 0.867. The van der Waals surface area contributed by atoms with E-state index in [0.29, 0.717) is 16.1 Å². The largest absolute Gasteiger partial charge is 0.478 e. The lowest BCUT2D eigenvalue weighted by Gasteiger charge is -2.32. The number of carbonyl (C=O) groups is 2. The van der Waals surface area contributed by atoms with Gasteiger partial charge in [0.1, 0.15) is 0 Å². The Morgan fingerprint density at radius 2 is 2.24 bits per heavy atom. The van der Waals surface area contributed by atoms with Crippen LogP contribution in [0.25, 0.3) is 0 Å². The first-order chi connectivity index (χ1) is 10.0. The Kier molecular flexibility index (Phi) is 5.22. The molecule has 1 fully saturated rings. The molecular weight excluding hydrogens is 336 g/mol. The Labute approximate surface area is 132 Å². The second kappa shape index (κ2) is 6.93. The number of benzene rings is 1. The van der Waals surface area contributed by atoms with Crippen LogP contribution < -0.4 is 5.32 Å². The first-order valence-corrected chi connectivity index (χ1v) is 7.89. The number of likely N-dealkylation sites (tertiary alicyclic amines) is 1. The van der Waals surface area contributed by atoms with Gasteiger partial charge in [0.05, 0.1) is 11.3 Å². The summed E-state index contributed by atoms with van der Waals surface area (Å²) < 4.78 is 0.671. The van der Waals surface area contributed by atoms with Crippen LogP contribution in [0.3, 0.4) is 0 Å². The second-order valence-corrected chi connectivity index (χ2v) is 6.15. The molecule has 0 saturated carbocycles. The minimum Gasteiger partial charge on any atom is -0.478 e. The maximum atomic E-state index is 12.3. The van der Waals surface area contributed by atoms with Gasteiger partial charge in [-0.25, -0.2) is 9.59 Å². The van der Waals surface area contributed by atoms with E-state index in [1.54, 1.807) is 11.0 Å². The lowest BCUT2D eigenvalue weighted by atomic mass is 9.96. The van der Waals surface area contributed by atoms with Crippen molar-refractivity contribution in [2.45, 2.75) is 26.2 Å². The SMILES string of the molecule is CCC1CCCN(C(=O)Nc2cc(C(=O)O)ccc2Br)C1. The van der Waals surface area contributed by atoms with Crippen LogP contribution in [0.1, 0.15) is 36.5 Å². The molecule has 1 aliphatic rings. The number of carboxylic acids is 1. The normalized spacial score (nSPS) is 18.4. The Morgan fingerprint density at radius 3 is 2.90 bits per heavy atom. The van der Waals surface area contributed by atoms with Crippen LogP contribution >= 0.6 is 15.9 Å². The second-order valence-electron chi connectivity index (χ2n) is 5.29. The number of urea groups is 1. The third-order valence-electron chi connectivity index (χ3n) is 3.84. The van der Waals surface area contributed by atoms with E-state index in [1.165, 1.54) is 18.6 Å². The van der Waals surface area contributed by atoms with Gasteiger partial charge in [0, 0.05) is 17.6 Å². The molecule has 0 radical (unpaired) electrons. The fourth-order valence-electron chi connectivity index (χ4n) is 2.53. The molecule has 1 aliphatic heterocycles. The summed E-state index contributed by atoms with van der Waals surface area (Å²) in [6.45, 7) is 3.65. The molecule has 1 atom stereocenters. The number of nitrogens with one attached hydrogen (secondary N) is 1. The van der Waals surface area contributed by atoms with Crippen molar-refractivity contribution < 1.29 is 14.7 Å². The highest BCUT2D eigenvalue weighted by Crippen LogP contribution is 2.25. The number of piperidine rings is 1. The van der Waals surface area contributed by atoms with Gasteiger partial charge in [-0.3, -0.25) is 0 Å². The maximum Gasteiger partial charge on any atom is 0.335 e. The van der Waals surface area contributed by atoms with Gasteiger partial charge in [0.25, 0.3) is 0 Å². The molecule has 5 nitrogen and oxygen atoms in total. The van der Waals surface area contributed by atoms with Gasteiger partial charge < -0.3 is 15.3 Å². The summed E-state index contributed by atoms with van der Waals surface area (Å²) in [5, 5.41) is 11.8. The third kappa shape index (κ3) is 3.97. The van der Waals surface area contributed by atoms with Gasteiger partial charge >= 0.3 is 12.0 Å². The van der Waals surface area contributed by atoms with E-state index in [4.69, 9.17) is 5.11 Å². The molecule has 0 aromatic heterocycles. The highest BCUT2D eigenvalue weighted by Gasteiger charge is 2.23. The maximum absolute atomic E-state index is 12.3. The molecule has 0 bridgehead atoms. The van der Waals surface area contributed by atoms with Crippen molar-refractivity contribution in [2.24, 2.45) is 5.92 Å². The number of amides is 2. The molecule has 1 aromatic carbocycles. The molecule has 1 unspecified atom stereocenters. The predicted octanol–water partition coefficient (Wildman–Crippen LogP) is 3.80. The summed E-state index contributed by atoms with van der Waals surface area (Å²) in [5.41, 5.74) is 0.636. The Hall–Kier alpha value is -1.56. The number of hydrogen-bond acceptors (Lipinski definition) is 2. The molecule has 1 aromatic rings. The average Bonchev–Trinajstić information content (AvgIpc) is 2.49. The van der Waals surface area contributed by atoms with Crippen molar-refractivity contribution in [1.82, 2.24) is 4.90 Å². The highest BCUT2D eigenvalue weighted by molar-refractivity contribution is 9.10. The number of hydrogen-bond donors (Lipinski definition) is 2. The van der Waals surface area contributed by atoms with Gasteiger partial charge in [0.2, 0.25) is 0 Å². The lowest BCUT2D eigenvalue weighted by Crippen LogP contribution is -2.42. The molecule has 21 heavy (non-hydrogen) atoms. The molecule has 2 rings (SSSR count). The zero-order valence-electron chi connectivity index (χ0n) is 11.9. The number of carboxylic acid groups (broad SMARTS) is 1. The first kappa shape index (κ1) is 15.8. The Bertz CT molecular complexity index is 548. The summed E-state index contributed by atoms with van der Waals surface area (Å²) in [4.78, 5) is 25.1. The number of nitrogens with zero attached hydrogens (tertiary/aromatic N) is 1.